The van der Waals surface area contributed by atoms with Crippen LogP contribution < -0.4 is 5.32 Å². The minimum Gasteiger partial charge on any atom is -0.467 e. The van der Waals surface area contributed by atoms with Crippen molar-refractivity contribution >= 4 is 5.97 Å². The van der Waals surface area contributed by atoms with Gasteiger partial charge in [-0.2, -0.15) is 0 Å². The van der Waals surface area contributed by atoms with E-state index in [4.69, 9.17) is 0 Å². The van der Waals surface area contributed by atoms with Crippen molar-refractivity contribution < 1.29 is 14.6 Å². The highest BCUT2D eigenvalue weighted by atomic mass is 16.5. The molecule has 0 amide bonds. The maximum Gasteiger partial charge on any atom is 0.336 e. The summed E-state index contributed by atoms with van der Waals surface area (Å²) in [6.45, 7) is 2.00. The lowest BCUT2D eigenvalue weighted by molar-refractivity contribution is -0.152. The Balaban J connectivity index is 2.23. The summed E-state index contributed by atoms with van der Waals surface area (Å²) in [5, 5.41) is 13.6. The lowest BCUT2D eigenvalue weighted by Crippen LogP contribution is -2.39. The van der Waals surface area contributed by atoms with Gasteiger partial charge in [-0.1, -0.05) is 60.7 Å². The molecule has 4 heteroatoms. The normalized spacial score (nSPS) is 14.9. The monoisotopic (exact) mass is 299 g/mol. The second-order valence-electron chi connectivity index (χ2n) is 5.16. The lowest BCUT2D eigenvalue weighted by Gasteiger charge is -2.27. The molecule has 0 fully saturated rings. The summed E-state index contributed by atoms with van der Waals surface area (Å²) in [4.78, 5) is 11.7. The van der Waals surface area contributed by atoms with Gasteiger partial charge >= 0.3 is 5.97 Å². The second kappa shape index (κ2) is 7.73. The van der Waals surface area contributed by atoms with Gasteiger partial charge in [0.05, 0.1) is 13.2 Å². The number of benzene rings is 2. The first kappa shape index (κ1) is 16.2. The zero-order chi connectivity index (χ0) is 15.9. The molecule has 2 N–H and O–H groups in total. The highest BCUT2D eigenvalue weighted by Crippen LogP contribution is 2.23. The van der Waals surface area contributed by atoms with E-state index in [0.717, 1.165) is 11.1 Å². The molecule has 0 saturated heterocycles. The van der Waals surface area contributed by atoms with Gasteiger partial charge in [0.25, 0.3) is 0 Å². The molecule has 0 bridgehead atoms. The van der Waals surface area contributed by atoms with Gasteiger partial charge in [0.15, 0.2) is 6.10 Å². The molecule has 0 unspecified atom stereocenters. The van der Waals surface area contributed by atoms with Gasteiger partial charge in [0.1, 0.15) is 0 Å². The zero-order valence-corrected chi connectivity index (χ0v) is 12.8. The van der Waals surface area contributed by atoms with Crippen molar-refractivity contribution in [2.45, 2.75) is 25.1 Å². The van der Waals surface area contributed by atoms with Crippen molar-refractivity contribution in [2.75, 3.05) is 7.11 Å². The lowest BCUT2D eigenvalue weighted by atomic mass is 9.98. The van der Waals surface area contributed by atoms with Crippen molar-refractivity contribution in [1.29, 1.82) is 0 Å². The molecule has 0 spiro atoms. The third-order valence-electron chi connectivity index (χ3n) is 3.65. The molecule has 2 aromatic rings. The van der Waals surface area contributed by atoms with Crippen LogP contribution in [0.5, 0.6) is 0 Å². The van der Waals surface area contributed by atoms with Crippen LogP contribution in [0.4, 0.5) is 0 Å². The number of carbonyl (C=O) groups is 1. The number of rotatable bonds is 6. The number of hydrogen-bond acceptors (Lipinski definition) is 4. The van der Waals surface area contributed by atoms with E-state index in [0.29, 0.717) is 0 Å². The SMILES string of the molecule is COC(=O)[C@@H](O)[C@@H](N[C@@H](C)c1ccccc1)c1ccccc1. The number of carbonyl (C=O) groups excluding carboxylic acids is 1. The molecule has 4 nitrogen and oxygen atoms in total. The van der Waals surface area contributed by atoms with Crippen molar-refractivity contribution in [3.63, 3.8) is 0 Å². The van der Waals surface area contributed by atoms with E-state index >= 15 is 0 Å². The summed E-state index contributed by atoms with van der Waals surface area (Å²) in [6.07, 6.45) is -1.27. The molecule has 0 aliphatic rings. The number of nitrogens with one attached hydrogen (secondary N) is 1. The van der Waals surface area contributed by atoms with Crippen molar-refractivity contribution in [2.24, 2.45) is 0 Å². The molecule has 2 rings (SSSR count). The fraction of sp³-hybridized carbons (Fsp3) is 0.278. The van der Waals surface area contributed by atoms with Gasteiger partial charge in [0.2, 0.25) is 0 Å². The average molecular weight is 299 g/mol. The first-order valence-electron chi connectivity index (χ1n) is 7.25. The molecule has 0 aliphatic carbocycles. The van der Waals surface area contributed by atoms with Crippen molar-refractivity contribution in [1.82, 2.24) is 5.32 Å². The Morgan fingerprint density at radius 2 is 1.50 bits per heavy atom. The van der Waals surface area contributed by atoms with E-state index in [-0.39, 0.29) is 6.04 Å². The average Bonchev–Trinajstić information content (AvgIpc) is 2.59. The molecule has 2 aromatic carbocycles. The number of aliphatic hydroxyl groups excluding tert-OH is 1. The number of methoxy groups -OCH3 is 1. The van der Waals surface area contributed by atoms with Gasteiger partial charge in [-0.15, -0.1) is 0 Å². The van der Waals surface area contributed by atoms with E-state index < -0.39 is 18.1 Å². The highest BCUT2D eigenvalue weighted by Gasteiger charge is 2.29. The Morgan fingerprint density at radius 3 is 2.00 bits per heavy atom. The van der Waals surface area contributed by atoms with Crippen LogP contribution in [0.15, 0.2) is 60.7 Å². The van der Waals surface area contributed by atoms with Crippen LogP contribution >= 0.6 is 0 Å². The van der Waals surface area contributed by atoms with Gasteiger partial charge in [0, 0.05) is 6.04 Å². The summed E-state index contributed by atoms with van der Waals surface area (Å²) in [7, 11) is 1.27. The Morgan fingerprint density at radius 1 is 1.00 bits per heavy atom. The van der Waals surface area contributed by atoms with Gasteiger partial charge < -0.3 is 15.2 Å². The summed E-state index contributed by atoms with van der Waals surface area (Å²) in [5.41, 5.74) is 1.92. The second-order valence-corrected chi connectivity index (χ2v) is 5.16. The Kier molecular flexibility index (Phi) is 5.69. The molecule has 0 radical (unpaired) electrons. The molecule has 22 heavy (non-hydrogen) atoms. The third kappa shape index (κ3) is 3.93. The van der Waals surface area contributed by atoms with Gasteiger partial charge in [-0.25, -0.2) is 4.79 Å². The number of ether oxygens (including phenoxy) is 1. The molecule has 0 aliphatic heterocycles. The van der Waals surface area contributed by atoms with E-state index in [1.54, 1.807) is 0 Å². The number of aliphatic hydroxyl groups is 1. The molecular formula is C18H21NO3. The largest absolute Gasteiger partial charge is 0.467 e. The summed E-state index contributed by atoms with van der Waals surface area (Å²) < 4.78 is 4.67. The maximum atomic E-state index is 11.7. The predicted octanol–water partition coefficient (Wildman–Crippen LogP) is 2.61. The summed E-state index contributed by atoms with van der Waals surface area (Å²) in [5.74, 6) is -0.651. The van der Waals surface area contributed by atoms with E-state index in [2.05, 4.69) is 10.1 Å². The molecular weight excluding hydrogens is 278 g/mol. The summed E-state index contributed by atoms with van der Waals surface area (Å²) >= 11 is 0. The topological polar surface area (TPSA) is 58.6 Å². The van der Waals surface area contributed by atoms with Crippen LogP contribution in [0, 0.1) is 0 Å². The smallest absolute Gasteiger partial charge is 0.336 e. The Bertz CT molecular complexity index is 586. The zero-order valence-electron chi connectivity index (χ0n) is 12.8. The fourth-order valence-corrected chi connectivity index (χ4v) is 2.39. The predicted molar refractivity (Wildman–Crippen MR) is 85.2 cm³/mol. The molecule has 0 aromatic heterocycles. The molecule has 3 atom stereocenters. The Labute approximate surface area is 130 Å². The van der Waals surface area contributed by atoms with Crippen LogP contribution in [0.2, 0.25) is 0 Å². The van der Waals surface area contributed by atoms with E-state index in [1.807, 2.05) is 67.6 Å². The quantitative estimate of drug-likeness (QED) is 0.805. The van der Waals surface area contributed by atoms with E-state index in [9.17, 15) is 9.90 Å². The van der Waals surface area contributed by atoms with Crippen molar-refractivity contribution in [3.05, 3.63) is 71.8 Å². The first-order valence-corrected chi connectivity index (χ1v) is 7.25. The van der Waals surface area contributed by atoms with E-state index in [1.165, 1.54) is 7.11 Å². The van der Waals surface area contributed by atoms with Crippen LogP contribution in [-0.2, 0) is 9.53 Å². The number of esters is 1. The van der Waals surface area contributed by atoms with Crippen LogP contribution in [0.3, 0.4) is 0 Å². The minimum atomic E-state index is -1.27. The fourth-order valence-electron chi connectivity index (χ4n) is 2.39. The standard InChI is InChI=1S/C18H21NO3/c1-13(14-9-5-3-6-10-14)19-16(17(20)18(21)22-2)15-11-7-4-8-12-15/h3-13,16-17,19-20H,1-2H3/t13-,16-,17-/m0/s1. The third-order valence-corrected chi connectivity index (χ3v) is 3.65. The summed E-state index contributed by atoms with van der Waals surface area (Å²) in [6, 6.07) is 18.7. The number of hydrogen-bond donors (Lipinski definition) is 2. The molecule has 116 valence electrons. The van der Waals surface area contributed by atoms with Gasteiger partial charge in [-0.3, -0.25) is 0 Å². The highest BCUT2D eigenvalue weighted by molar-refractivity contribution is 5.75. The van der Waals surface area contributed by atoms with Gasteiger partial charge in [-0.05, 0) is 18.1 Å². The van der Waals surface area contributed by atoms with Crippen LogP contribution in [0.25, 0.3) is 0 Å². The molecule has 0 saturated carbocycles. The van der Waals surface area contributed by atoms with Crippen LogP contribution in [-0.4, -0.2) is 24.3 Å². The minimum absolute atomic E-state index is 0.0225. The maximum absolute atomic E-state index is 11.7. The molecule has 0 heterocycles. The van der Waals surface area contributed by atoms with Crippen molar-refractivity contribution in [3.8, 4) is 0 Å². The Hall–Kier alpha value is -2.17. The first-order chi connectivity index (χ1) is 10.6. The van der Waals surface area contributed by atoms with Crippen LogP contribution in [0.1, 0.15) is 30.1 Å².